The fourth-order valence-electron chi connectivity index (χ4n) is 3.59. The summed E-state index contributed by atoms with van der Waals surface area (Å²) >= 11 is 1.06. The predicted molar refractivity (Wildman–Crippen MR) is 128 cm³/mol. The Morgan fingerprint density at radius 3 is 2.64 bits per heavy atom. The summed E-state index contributed by atoms with van der Waals surface area (Å²) in [6, 6.07) is 11.1. The summed E-state index contributed by atoms with van der Waals surface area (Å²) in [4.78, 5) is 53.6. The number of aromatic carboxylic acids is 1. The number of aryl methyl sites for hydroxylation is 1. The number of aromatic nitrogens is 4. The highest BCUT2D eigenvalue weighted by Crippen LogP contribution is 2.17. The molecule has 5 rings (SSSR count). The molecule has 0 aliphatic carbocycles. The molecule has 0 aliphatic rings. The third kappa shape index (κ3) is 4.34. The molecule has 12 nitrogen and oxygen atoms in total. The lowest BCUT2D eigenvalue weighted by molar-refractivity contribution is 0.0701. The molecule has 0 unspecified atom stereocenters. The van der Waals surface area contributed by atoms with Gasteiger partial charge in [-0.05, 0) is 29.8 Å². The Morgan fingerprint density at radius 1 is 1.06 bits per heavy atom. The van der Waals surface area contributed by atoms with E-state index in [-0.39, 0.29) is 29.4 Å². The SMILES string of the molecule is Cn1c(=O)oc2ccc(CNC(=O)c3cc(C(=O)NCc4ccc(C(=O)O)s4)n4nccc4n3)cc21. The Bertz CT molecular complexity index is 1710. The second kappa shape index (κ2) is 9.11. The fourth-order valence-corrected chi connectivity index (χ4v) is 4.38. The fraction of sp³-hybridized carbons (Fsp3) is 0.130. The summed E-state index contributed by atoms with van der Waals surface area (Å²) in [6.45, 7) is 0.272. The number of oxazole rings is 1. The molecule has 36 heavy (non-hydrogen) atoms. The van der Waals surface area contributed by atoms with Crippen molar-refractivity contribution in [3.05, 3.63) is 85.9 Å². The number of carbonyl (C=O) groups excluding carboxylic acids is 2. The first-order chi connectivity index (χ1) is 17.3. The third-order valence-corrected chi connectivity index (χ3v) is 6.50. The molecule has 1 aromatic carbocycles. The normalized spacial score (nSPS) is 11.1. The lowest BCUT2D eigenvalue weighted by atomic mass is 10.2. The molecule has 3 N–H and O–H groups in total. The molecular weight excluding hydrogens is 488 g/mol. The predicted octanol–water partition coefficient (Wildman–Crippen LogP) is 1.79. The number of rotatable bonds is 7. The number of fused-ring (bicyclic) bond motifs is 2. The van der Waals surface area contributed by atoms with Gasteiger partial charge >= 0.3 is 11.7 Å². The summed E-state index contributed by atoms with van der Waals surface area (Å²) in [5.41, 5.74) is 2.22. The monoisotopic (exact) mass is 506 g/mol. The van der Waals surface area contributed by atoms with E-state index < -0.39 is 23.5 Å². The molecule has 0 aliphatic heterocycles. The molecule has 0 saturated carbocycles. The van der Waals surface area contributed by atoms with Crippen molar-refractivity contribution in [1.29, 1.82) is 0 Å². The highest BCUT2D eigenvalue weighted by Gasteiger charge is 2.18. The van der Waals surface area contributed by atoms with Crippen LogP contribution in [0.25, 0.3) is 16.7 Å². The number of thiophene rings is 1. The van der Waals surface area contributed by atoms with Gasteiger partial charge in [-0.1, -0.05) is 6.07 Å². The molecule has 4 aromatic heterocycles. The summed E-state index contributed by atoms with van der Waals surface area (Å²) < 4.78 is 7.81. The van der Waals surface area contributed by atoms with Crippen LogP contribution in [0.5, 0.6) is 0 Å². The van der Waals surface area contributed by atoms with Crippen LogP contribution >= 0.6 is 11.3 Å². The third-order valence-electron chi connectivity index (χ3n) is 5.43. The van der Waals surface area contributed by atoms with Gasteiger partial charge in [-0.15, -0.1) is 11.3 Å². The summed E-state index contributed by atoms with van der Waals surface area (Å²) in [5.74, 6) is -2.51. The molecule has 0 atom stereocenters. The number of nitrogens with one attached hydrogen (secondary N) is 2. The smallest absolute Gasteiger partial charge is 0.419 e. The Balaban J connectivity index is 1.33. The van der Waals surface area contributed by atoms with E-state index in [0.717, 1.165) is 16.9 Å². The van der Waals surface area contributed by atoms with Gasteiger partial charge in [0.2, 0.25) is 0 Å². The highest BCUT2D eigenvalue weighted by atomic mass is 32.1. The van der Waals surface area contributed by atoms with Crippen LogP contribution in [0.2, 0.25) is 0 Å². The Kier molecular flexibility index (Phi) is 5.82. The number of hydrogen-bond donors (Lipinski definition) is 3. The van der Waals surface area contributed by atoms with Crippen LogP contribution in [0, 0.1) is 0 Å². The summed E-state index contributed by atoms with van der Waals surface area (Å²) in [7, 11) is 1.59. The molecule has 182 valence electrons. The van der Waals surface area contributed by atoms with Crippen molar-refractivity contribution >= 4 is 45.9 Å². The minimum atomic E-state index is -1.03. The first-order valence-electron chi connectivity index (χ1n) is 10.6. The minimum Gasteiger partial charge on any atom is -0.477 e. The van der Waals surface area contributed by atoms with Crippen LogP contribution in [-0.4, -0.2) is 42.1 Å². The molecule has 0 radical (unpaired) electrons. The number of carboxylic acids is 1. The molecule has 13 heteroatoms. The summed E-state index contributed by atoms with van der Waals surface area (Å²) in [5, 5.41) is 18.6. The topological polar surface area (TPSA) is 161 Å². The molecular formula is C23H18N6O6S. The number of carboxylic acid groups (broad SMARTS) is 1. The van der Waals surface area contributed by atoms with Crippen molar-refractivity contribution in [2.24, 2.45) is 7.05 Å². The van der Waals surface area contributed by atoms with Gasteiger partial charge in [-0.3, -0.25) is 14.2 Å². The standard InChI is InChI=1S/C23H18N6O6S/c1-28-15-8-12(2-4-17(15)35-23(28)34)10-24-20(30)14-9-16(29-19(27-14)6-7-26-29)21(31)25-11-13-3-5-18(36-13)22(32)33/h2-9H,10-11H2,1H3,(H,24,30)(H,25,31)(H,32,33). The van der Waals surface area contributed by atoms with Crippen molar-refractivity contribution in [3.63, 3.8) is 0 Å². The van der Waals surface area contributed by atoms with E-state index >= 15 is 0 Å². The molecule has 0 fully saturated rings. The Hall–Kier alpha value is -4.78. The van der Waals surface area contributed by atoms with E-state index in [9.17, 15) is 19.2 Å². The van der Waals surface area contributed by atoms with Gasteiger partial charge in [0.15, 0.2) is 11.2 Å². The quantitative estimate of drug-likeness (QED) is 0.301. The number of nitrogens with zero attached hydrogens (tertiary/aromatic N) is 4. The van der Waals surface area contributed by atoms with Crippen LogP contribution in [0.3, 0.4) is 0 Å². The number of hydrogen-bond acceptors (Lipinski definition) is 8. The second-order valence-corrected chi connectivity index (χ2v) is 8.96. The molecule has 0 spiro atoms. The van der Waals surface area contributed by atoms with Gasteiger partial charge in [0.25, 0.3) is 11.8 Å². The van der Waals surface area contributed by atoms with Gasteiger partial charge in [-0.2, -0.15) is 5.10 Å². The number of benzene rings is 1. The van der Waals surface area contributed by atoms with Crippen LogP contribution in [0.1, 0.15) is 41.1 Å². The Labute approximate surface area is 205 Å². The van der Waals surface area contributed by atoms with Gasteiger partial charge < -0.3 is 20.2 Å². The van der Waals surface area contributed by atoms with Gasteiger partial charge in [0.05, 0.1) is 18.3 Å². The maximum Gasteiger partial charge on any atom is 0.419 e. The molecule has 0 bridgehead atoms. The van der Waals surface area contributed by atoms with Crippen molar-refractivity contribution in [3.8, 4) is 0 Å². The minimum absolute atomic E-state index is 0.0224. The molecule has 4 heterocycles. The molecule has 5 aromatic rings. The largest absolute Gasteiger partial charge is 0.477 e. The average molecular weight is 507 g/mol. The number of carbonyl (C=O) groups is 3. The maximum absolute atomic E-state index is 12.9. The van der Waals surface area contributed by atoms with Crippen LogP contribution in [-0.2, 0) is 20.1 Å². The van der Waals surface area contributed by atoms with E-state index in [2.05, 4.69) is 20.7 Å². The van der Waals surface area contributed by atoms with Crippen LogP contribution in [0.15, 0.2) is 57.9 Å². The maximum atomic E-state index is 12.9. The van der Waals surface area contributed by atoms with Crippen molar-refractivity contribution < 1.29 is 23.9 Å². The second-order valence-electron chi connectivity index (χ2n) is 7.79. The van der Waals surface area contributed by atoms with E-state index in [1.807, 2.05) is 0 Å². The van der Waals surface area contributed by atoms with Crippen molar-refractivity contribution in [2.75, 3.05) is 0 Å². The zero-order chi connectivity index (χ0) is 25.4. The lowest BCUT2D eigenvalue weighted by Crippen LogP contribution is -2.28. The molecule has 2 amide bonds. The Morgan fingerprint density at radius 2 is 1.86 bits per heavy atom. The lowest BCUT2D eigenvalue weighted by Gasteiger charge is -2.09. The number of amides is 2. The van der Waals surface area contributed by atoms with E-state index in [1.165, 1.54) is 27.4 Å². The van der Waals surface area contributed by atoms with E-state index in [0.29, 0.717) is 21.6 Å². The van der Waals surface area contributed by atoms with Gasteiger partial charge in [-0.25, -0.2) is 19.1 Å². The van der Waals surface area contributed by atoms with E-state index in [4.69, 9.17) is 9.52 Å². The zero-order valence-corrected chi connectivity index (χ0v) is 19.5. The van der Waals surface area contributed by atoms with E-state index in [1.54, 1.807) is 37.4 Å². The van der Waals surface area contributed by atoms with Crippen molar-refractivity contribution in [2.45, 2.75) is 13.1 Å². The highest BCUT2D eigenvalue weighted by molar-refractivity contribution is 7.13. The van der Waals surface area contributed by atoms with Crippen LogP contribution in [0.4, 0.5) is 0 Å². The van der Waals surface area contributed by atoms with Crippen molar-refractivity contribution in [1.82, 2.24) is 29.8 Å². The van der Waals surface area contributed by atoms with Gasteiger partial charge in [0.1, 0.15) is 16.3 Å². The van der Waals surface area contributed by atoms with Crippen LogP contribution < -0.4 is 16.4 Å². The average Bonchev–Trinajstić information content (AvgIpc) is 3.60. The first-order valence-corrected chi connectivity index (χ1v) is 11.4. The first kappa shape index (κ1) is 23.0. The zero-order valence-electron chi connectivity index (χ0n) is 18.7. The molecule has 0 saturated heterocycles. The summed E-state index contributed by atoms with van der Waals surface area (Å²) in [6.07, 6.45) is 1.46. The van der Waals surface area contributed by atoms with Gasteiger partial charge in [0, 0.05) is 30.6 Å².